The van der Waals surface area contributed by atoms with Crippen LogP contribution < -0.4 is 10.5 Å². The fraction of sp³-hybridized carbons (Fsp3) is 0.167. The highest BCUT2D eigenvalue weighted by atomic mass is 32.2. The largest absolute Gasteiger partial charge is 0.447 e. The first-order chi connectivity index (χ1) is 8.62. The van der Waals surface area contributed by atoms with Crippen LogP contribution in [0.4, 0.5) is 0 Å². The summed E-state index contributed by atoms with van der Waals surface area (Å²) in [5.74, 6) is 0.440. The Morgan fingerprint density at radius 3 is 2.44 bits per heavy atom. The number of benzene rings is 1. The van der Waals surface area contributed by atoms with Gasteiger partial charge in [-0.1, -0.05) is 30.3 Å². The Hall–Kier alpha value is -1.63. The van der Waals surface area contributed by atoms with E-state index in [9.17, 15) is 8.42 Å². The summed E-state index contributed by atoms with van der Waals surface area (Å²) in [5, 5.41) is -0.112. The Balaban J connectivity index is 2.08. The van der Waals surface area contributed by atoms with Gasteiger partial charge in [-0.3, -0.25) is 0 Å². The van der Waals surface area contributed by atoms with Crippen LogP contribution in [0.3, 0.4) is 0 Å². The van der Waals surface area contributed by atoms with Gasteiger partial charge in [-0.05, 0) is 17.7 Å². The van der Waals surface area contributed by atoms with Crippen LogP contribution in [0.15, 0.2) is 52.0 Å². The Kier molecular flexibility index (Phi) is 3.81. The van der Waals surface area contributed by atoms with Crippen LogP contribution in [-0.4, -0.2) is 8.42 Å². The molecule has 0 radical (unpaired) electrons. The van der Waals surface area contributed by atoms with E-state index in [1.807, 2.05) is 30.3 Å². The van der Waals surface area contributed by atoms with Crippen molar-refractivity contribution in [3.63, 3.8) is 0 Å². The minimum Gasteiger partial charge on any atom is -0.447 e. The molecule has 0 unspecified atom stereocenters. The third-order valence-electron chi connectivity index (χ3n) is 2.41. The van der Waals surface area contributed by atoms with Crippen LogP contribution in [0, 0.1) is 0 Å². The molecule has 2 rings (SSSR count). The van der Waals surface area contributed by atoms with Crippen molar-refractivity contribution in [2.45, 2.75) is 18.2 Å². The lowest BCUT2D eigenvalue weighted by Crippen LogP contribution is -2.22. The molecule has 1 aromatic heterocycles. The van der Waals surface area contributed by atoms with Gasteiger partial charge in [-0.15, -0.1) is 0 Å². The number of furan rings is 1. The molecule has 5 nitrogen and oxygen atoms in total. The first-order valence-corrected chi connectivity index (χ1v) is 6.92. The van der Waals surface area contributed by atoms with E-state index in [1.165, 1.54) is 6.07 Å². The van der Waals surface area contributed by atoms with Crippen LogP contribution in [0.1, 0.15) is 11.3 Å². The number of nitrogens with two attached hydrogens (primary N) is 1. The summed E-state index contributed by atoms with van der Waals surface area (Å²) in [5.41, 5.74) is 6.24. The van der Waals surface area contributed by atoms with Crippen molar-refractivity contribution in [1.29, 1.82) is 0 Å². The maximum Gasteiger partial charge on any atom is 0.274 e. The van der Waals surface area contributed by atoms with Crippen molar-refractivity contribution in [3.05, 3.63) is 53.8 Å². The molecule has 3 N–H and O–H groups in total. The molecule has 0 saturated carbocycles. The molecule has 1 heterocycles. The molecular formula is C12H14N2O3S. The van der Waals surface area contributed by atoms with Crippen LogP contribution >= 0.6 is 0 Å². The van der Waals surface area contributed by atoms with Gasteiger partial charge in [0.1, 0.15) is 5.76 Å². The topological polar surface area (TPSA) is 85.3 Å². The quantitative estimate of drug-likeness (QED) is 0.852. The zero-order chi connectivity index (χ0) is 13.0. The van der Waals surface area contributed by atoms with Crippen LogP contribution in [0.5, 0.6) is 0 Å². The Morgan fingerprint density at radius 2 is 1.83 bits per heavy atom. The predicted molar refractivity (Wildman–Crippen MR) is 67.1 cm³/mol. The average molecular weight is 266 g/mol. The van der Waals surface area contributed by atoms with E-state index >= 15 is 0 Å². The summed E-state index contributed by atoms with van der Waals surface area (Å²) in [6.45, 7) is 0.399. The molecule has 0 fully saturated rings. The standard InChI is InChI=1S/C12H14N2O3S/c13-8-11-6-7-12(17-11)18(15,16)14-9-10-4-2-1-3-5-10/h1-7,14H,8-9,13H2. The molecule has 0 aliphatic carbocycles. The van der Waals surface area contributed by atoms with E-state index in [-0.39, 0.29) is 18.2 Å². The van der Waals surface area contributed by atoms with Crippen molar-refractivity contribution in [3.8, 4) is 0 Å². The Labute approximate surface area is 106 Å². The molecule has 1 aromatic carbocycles. The van der Waals surface area contributed by atoms with Gasteiger partial charge in [0.2, 0.25) is 5.09 Å². The van der Waals surface area contributed by atoms with Gasteiger partial charge in [0.25, 0.3) is 10.0 Å². The highest BCUT2D eigenvalue weighted by Crippen LogP contribution is 2.13. The monoisotopic (exact) mass is 266 g/mol. The second kappa shape index (κ2) is 5.34. The summed E-state index contributed by atoms with van der Waals surface area (Å²) in [7, 11) is -3.62. The molecule has 6 heteroatoms. The third-order valence-corrected chi connectivity index (χ3v) is 3.69. The van der Waals surface area contributed by atoms with Gasteiger partial charge in [-0.25, -0.2) is 13.1 Å². The minimum absolute atomic E-state index is 0.112. The van der Waals surface area contributed by atoms with Crippen molar-refractivity contribution < 1.29 is 12.8 Å². The summed E-state index contributed by atoms with van der Waals surface area (Å²) in [4.78, 5) is 0. The van der Waals surface area contributed by atoms with Gasteiger partial charge in [0.05, 0.1) is 6.54 Å². The third kappa shape index (κ3) is 2.98. The molecule has 0 aliphatic rings. The number of hydrogen-bond donors (Lipinski definition) is 2. The molecule has 96 valence electrons. The van der Waals surface area contributed by atoms with Crippen molar-refractivity contribution >= 4 is 10.0 Å². The molecule has 0 saturated heterocycles. The first kappa shape index (κ1) is 12.8. The summed E-state index contributed by atoms with van der Waals surface area (Å²) < 4.78 is 31.4. The van der Waals surface area contributed by atoms with Gasteiger partial charge < -0.3 is 10.2 Å². The zero-order valence-corrected chi connectivity index (χ0v) is 10.5. The number of sulfonamides is 1. The van der Waals surface area contributed by atoms with E-state index in [1.54, 1.807) is 6.07 Å². The smallest absolute Gasteiger partial charge is 0.274 e. The summed E-state index contributed by atoms with van der Waals surface area (Å²) >= 11 is 0. The summed E-state index contributed by atoms with van der Waals surface area (Å²) in [6, 6.07) is 12.2. The lowest BCUT2D eigenvalue weighted by atomic mass is 10.2. The molecule has 18 heavy (non-hydrogen) atoms. The average Bonchev–Trinajstić information content (AvgIpc) is 2.87. The summed E-state index contributed by atoms with van der Waals surface area (Å²) in [6.07, 6.45) is 0. The van der Waals surface area contributed by atoms with Gasteiger partial charge in [0.15, 0.2) is 0 Å². The first-order valence-electron chi connectivity index (χ1n) is 5.44. The fourth-order valence-electron chi connectivity index (χ4n) is 1.46. The van der Waals surface area contributed by atoms with Gasteiger partial charge in [-0.2, -0.15) is 0 Å². The van der Waals surface area contributed by atoms with E-state index in [4.69, 9.17) is 10.2 Å². The van der Waals surface area contributed by atoms with E-state index in [0.717, 1.165) is 5.56 Å². The number of nitrogens with one attached hydrogen (secondary N) is 1. The second-order valence-corrected chi connectivity index (χ2v) is 5.43. The molecule has 0 bridgehead atoms. The lowest BCUT2D eigenvalue weighted by Gasteiger charge is -2.04. The van der Waals surface area contributed by atoms with Crippen LogP contribution in [-0.2, 0) is 23.1 Å². The molecular weight excluding hydrogens is 252 g/mol. The normalized spacial score (nSPS) is 11.6. The number of rotatable bonds is 5. The maximum absolute atomic E-state index is 11.9. The highest BCUT2D eigenvalue weighted by Gasteiger charge is 2.17. The molecule has 2 aromatic rings. The highest BCUT2D eigenvalue weighted by molar-refractivity contribution is 7.89. The molecule has 0 spiro atoms. The minimum atomic E-state index is -3.62. The Morgan fingerprint density at radius 1 is 1.11 bits per heavy atom. The van der Waals surface area contributed by atoms with E-state index in [0.29, 0.717) is 5.76 Å². The van der Waals surface area contributed by atoms with Gasteiger partial charge >= 0.3 is 0 Å². The van der Waals surface area contributed by atoms with Crippen LogP contribution in [0.2, 0.25) is 0 Å². The zero-order valence-electron chi connectivity index (χ0n) is 9.67. The second-order valence-electron chi connectivity index (χ2n) is 3.74. The SMILES string of the molecule is NCc1ccc(S(=O)(=O)NCc2ccccc2)o1. The molecule has 0 atom stereocenters. The van der Waals surface area contributed by atoms with Crippen molar-refractivity contribution in [2.75, 3.05) is 0 Å². The van der Waals surface area contributed by atoms with E-state index in [2.05, 4.69) is 4.72 Å². The molecule has 0 amide bonds. The molecule has 0 aliphatic heterocycles. The maximum atomic E-state index is 11.9. The fourth-order valence-corrected chi connectivity index (χ4v) is 2.42. The Bertz CT molecular complexity index is 605. The van der Waals surface area contributed by atoms with E-state index < -0.39 is 10.0 Å². The lowest BCUT2D eigenvalue weighted by molar-refractivity contribution is 0.413. The van der Waals surface area contributed by atoms with Crippen molar-refractivity contribution in [2.24, 2.45) is 5.73 Å². The van der Waals surface area contributed by atoms with Crippen LogP contribution in [0.25, 0.3) is 0 Å². The number of hydrogen-bond acceptors (Lipinski definition) is 4. The van der Waals surface area contributed by atoms with Gasteiger partial charge in [0, 0.05) is 6.54 Å². The van der Waals surface area contributed by atoms with Crippen molar-refractivity contribution in [1.82, 2.24) is 4.72 Å². The predicted octanol–water partition coefficient (Wildman–Crippen LogP) is 1.22.